The molecule has 2 heteroatoms. The highest BCUT2D eigenvalue weighted by atomic mass is 16.5. The summed E-state index contributed by atoms with van der Waals surface area (Å²) in [5.41, 5.74) is 2.00. The van der Waals surface area contributed by atoms with Crippen molar-refractivity contribution in [1.29, 1.82) is 0 Å². The molecule has 3 aromatic rings. The van der Waals surface area contributed by atoms with Gasteiger partial charge < -0.3 is 4.52 Å². The highest BCUT2D eigenvalue weighted by Crippen LogP contribution is 2.27. The summed E-state index contributed by atoms with van der Waals surface area (Å²) in [5, 5.41) is 6.01. The summed E-state index contributed by atoms with van der Waals surface area (Å²) in [4.78, 5) is 0. The van der Waals surface area contributed by atoms with Crippen LogP contribution >= 0.6 is 0 Å². The van der Waals surface area contributed by atoms with E-state index < -0.39 is 0 Å². The first-order valence-corrected chi connectivity index (χ1v) is 4.75. The molecule has 0 fully saturated rings. The molecule has 0 N–H and O–H groups in total. The van der Waals surface area contributed by atoms with E-state index in [1.165, 1.54) is 10.8 Å². The minimum Gasteiger partial charge on any atom is -0.363 e. The smallest absolute Gasteiger partial charge is 0.144 e. The normalized spacial score (nSPS) is 10.7. The van der Waals surface area contributed by atoms with Crippen molar-refractivity contribution < 1.29 is 4.52 Å². The van der Waals surface area contributed by atoms with Crippen LogP contribution in [-0.4, -0.2) is 5.16 Å². The molecule has 0 spiro atoms. The molecule has 71 valence electrons. The lowest BCUT2D eigenvalue weighted by molar-refractivity contribution is 0.418. The van der Waals surface area contributed by atoms with Gasteiger partial charge in [-0.1, -0.05) is 47.6 Å². The van der Waals surface area contributed by atoms with Crippen LogP contribution in [0, 0.1) is 6.20 Å². The van der Waals surface area contributed by atoms with Crippen molar-refractivity contribution in [3.05, 3.63) is 54.9 Å². The van der Waals surface area contributed by atoms with Gasteiger partial charge in [-0.3, -0.25) is 0 Å². The summed E-state index contributed by atoms with van der Waals surface area (Å²) >= 11 is 0. The molecule has 3 rings (SSSR count). The molecule has 2 aromatic carbocycles. The van der Waals surface area contributed by atoms with Gasteiger partial charge in [0.1, 0.15) is 12.5 Å². The number of hydrogen-bond donors (Lipinski definition) is 0. The van der Waals surface area contributed by atoms with Gasteiger partial charge in [0.2, 0.25) is 0 Å². The first-order chi connectivity index (χ1) is 7.45. The van der Waals surface area contributed by atoms with Crippen molar-refractivity contribution in [2.45, 2.75) is 0 Å². The van der Waals surface area contributed by atoms with Crippen molar-refractivity contribution in [3.8, 4) is 11.1 Å². The molecule has 1 radical (unpaired) electrons. The van der Waals surface area contributed by atoms with Gasteiger partial charge in [0.05, 0.1) is 5.56 Å². The molecule has 0 amide bonds. The van der Waals surface area contributed by atoms with Crippen LogP contribution in [0.2, 0.25) is 0 Å². The Morgan fingerprint density at radius 1 is 1.00 bits per heavy atom. The predicted octanol–water partition coefficient (Wildman–Crippen LogP) is 3.29. The molecule has 0 saturated heterocycles. The van der Waals surface area contributed by atoms with E-state index in [9.17, 15) is 0 Å². The zero-order valence-electron chi connectivity index (χ0n) is 7.97. The van der Waals surface area contributed by atoms with Gasteiger partial charge >= 0.3 is 0 Å². The third kappa shape index (κ3) is 1.31. The summed E-state index contributed by atoms with van der Waals surface area (Å²) in [6.45, 7) is 0. The number of aromatic nitrogens is 1. The van der Waals surface area contributed by atoms with E-state index in [2.05, 4.69) is 29.6 Å². The van der Waals surface area contributed by atoms with Crippen LogP contribution in [0.15, 0.2) is 53.3 Å². The van der Waals surface area contributed by atoms with E-state index in [-0.39, 0.29) is 0 Å². The quantitative estimate of drug-likeness (QED) is 0.594. The zero-order valence-corrected chi connectivity index (χ0v) is 7.97. The Labute approximate surface area is 87.1 Å². The fraction of sp³-hybridized carbons (Fsp3) is 0. The SMILES string of the molecule is [c]1nocc1-c1cccc2ccccc12. The minimum absolute atomic E-state index is 0.895. The number of hydrogen-bond acceptors (Lipinski definition) is 2. The second kappa shape index (κ2) is 3.24. The summed E-state index contributed by atoms with van der Waals surface area (Å²) in [5.74, 6) is 0. The molecule has 15 heavy (non-hydrogen) atoms. The molecule has 2 nitrogen and oxygen atoms in total. The fourth-order valence-electron chi connectivity index (χ4n) is 1.76. The lowest BCUT2D eigenvalue weighted by Crippen LogP contribution is -1.78. The molecule has 1 heterocycles. The van der Waals surface area contributed by atoms with E-state index in [1.807, 2.05) is 24.3 Å². The largest absolute Gasteiger partial charge is 0.363 e. The van der Waals surface area contributed by atoms with Crippen molar-refractivity contribution in [2.24, 2.45) is 0 Å². The fourth-order valence-corrected chi connectivity index (χ4v) is 1.76. The molecule has 0 saturated carbocycles. The Morgan fingerprint density at radius 3 is 2.73 bits per heavy atom. The Balaban J connectivity index is 2.36. The van der Waals surface area contributed by atoms with Gasteiger partial charge in [0.25, 0.3) is 0 Å². The number of nitrogens with zero attached hydrogens (tertiary/aromatic N) is 1. The summed E-state index contributed by atoms with van der Waals surface area (Å²) in [6, 6.07) is 14.4. The number of fused-ring (bicyclic) bond motifs is 1. The molecule has 0 atom stereocenters. The molecular weight excluding hydrogens is 186 g/mol. The zero-order chi connectivity index (χ0) is 10.1. The number of benzene rings is 2. The maximum Gasteiger partial charge on any atom is 0.144 e. The highest BCUT2D eigenvalue weighted by molar-refractivity contribution is 5.96. The molecule has 0 aliphatic carbocycles. The van der Waals surface area contributed by atoms with Crippen LogP contribution in [0.3, 0.4) is 0 Å². The van der Waals surface area contributed by atoms with Crippen LogP contribution < -0.4 is 0 Å². The summed E-state index contributed by atoms with van der Waals surface area (Å²) in [7, 11) is 0. The van der Waals surface area contributed by atoms with Gasteiger partial charge in [-0.05, 0) is 16.3 Å². The minimum atomic E-state index is 0.895. The molecule has 1 aromatic heterocycles. The van der Waals surface area contributed by atoms with Crippen LogP contribution in [0.25, 0.3) is 21.9 Å². The van der Waals surface area contributed by atoms with E-state index in [0.29, 0.717) is 0 Å². The second-order valence-electron chi connectivity index (χ2n) is 3.37. The Morgan fingerprint density at radius 2 is 1.87 bits per heavy atom. The summed E-state index contributed by atoms with van der Waals surface area (Å²) in [6.07, 6.45) is 4.44. The topological polar surface area (TPSA) is 26.0 Å². The average Bonchev–Trinajstić information content (AvgIpc) is 2.82. The Hall–Kier alpha value is -2.09. The van der Waals surface area contributed by atoms with Crippen molar-refractivity contribution in [2.75, 3.05) is 0 Å². The first kappa shape index (κ1) is 8.24. The van der Waals surface area contributed by atoms with E-state index >= 15 is 0 Å². The van der Waals surface area contributed by atoms with Crippen LogP contribution in [0.4, 0.5) is 0 Å². The molecular formula is C13H8NO. The average molecular weight is 194 g/mol. The van der Waals surface area contributed by atoms with E-state index in [4.69, 9.17) is 4.52 Å². The van der Waals surface area contributed by atoms with Crippen molar-refractivity contribution in [1.82, 2.24) is 5.16 Å². The molecule has 0 aliphatic heterocycles. The molecule has 0 aliphatic rings. The monoisotopic (exact) mass is 194 g/mol. The molecule has 0 unspecified atom stereocenters. The van der Waals surface area contributed by atoms with Crippen LogP contribution in [0.1, 0.15) is 0 Å². The Bertz CT molecular complexity index is 579. The number of rotatable bonds is 1. The first-order valence-electron chi connectivity index (χ1n) is 4.75. The highest BCUT2D eigenvalue weighted by Gasteiger charge is 2.04. The maximum atomic E-state index is 4.81. The predicted molar refractivity (Wildman–Crippen MR) is 58.3 cm³/mol. The van der Waals surface area contributed by atoms with Gasteiger partial charge in [-0.25, -0.2) is 0 Å². The van der Waals surface area contributed by atoms with E-state index in [1.54, 1.807) is 6.26 Å². The second-order valence-corrected chi connectivity index (χ2v) is 3.37. The van der Waals surface area contributed by atoms with Gasteiger partial charge in [0, 0.05) is 0 Å². The third-order valence-corrected chi connectivity index (χ3v) is 2.47. The summed E-state index contributed by atoms with van der Waals surface area (Å²) < 4.78 is 4.81. The molecule has 0 bridgehead atoms. The van der Waals surface area contributed by atoms with E-state index in [0.717, 1.165) is 11.1 Å². The lowest BCUT2D eigenvalue weighted by Gasteiger charge is -2.02. The van der Waals surface area contributed by atoms with Crippen molar-refractivity contribution in [3.63, 3.8) is 0 Å². The third-order valence-electron chi connectivity index (χ3n) is 2.47. The van der Waals surface area contributed by atoms with Crippen LogP contribution in [0.5, 0.6) is 0 Å². The maximum absolute atomic E-state index is 4.81. The van der Waals surface area contributed by atoms with Gasteiger partial charge in [0.15, 0.2) is 0 Å². The van der Waals surface area contributed by atoms with Gasteiger partial charge in [-0.2, -0.15) is 0 Å². The standard InChI is InChI=1S/C13H8NO/c1-2-6-12-10(4-1)5-3-7-13(12)11-8-14-15-9-11/h1-7,9H. The lowest BCUT2D eigenvalue weighted by atomic mass is 10.0. The Kier molecular flexibility index (Phi) is 1.78. The van der Waals surface area contributed by atoms with Gasteiger partial charge in [-0.15, -0.1) is 0 Å². The van der Waals surface area contributed by atoms with Crippen molar-refractivity contribution >= 4 is 10.8 Å². The van der Waals surface area contributed by atoms with Crippen LogP contribution in [-0.2, 0) is 0 Å².